The molecule has 1 aliphatic rings. The van der Waals surface area contributed by atoms with Crippen molar-refractivity contribution in [2.45, 2.75) is 4.90 Å². The molecule has 25 heavy (non-hydrogen) atoms. The number of nitrogens with zero attached hydrogens (tertiary/aromatic N) is 2. The van der Waals surface area contributed by atoms with Gasteiger partial charge in [-0.2, -0.15) is 4.31 Å². The van der Waals surface area contributed by atoms with Gasteiger partial charge < -0.3 is 10.0 Å². The molecule has 0 amide bonds. The van der Waals surface area contributed by atoms with Crippen LogP contribution in [0.15, 0.2) is 41.3 Å². The van der Waals surface area contributed by atoms with Crippen molar-refractivity contribution in [3.63, 3.8) is 0 Å². The van der Waals surface area contributed by atoms with E-state index in [0.717, 1.165) is 16.1 Å². The normalized spacial score (nSPS) is 16.2. The summed E-state index contributed by atoms with van der Waals surface area (Å²) in [5.74, 6) is -4.86. The number of hydrogen-bond acceptors (Lipinski definition) is 4. The molecule has 0 saturated carbocycles. The number of sulfonamides is 1. The van der Waals surface area contributed by atoms with Gasteiger partial charge in [0, 0.05) is 37.9 Å². The van der Waals surface area contributed by atoms with Gasteiger partial charge in [-0.15, -0.1) is 0 Å². The van der Waals surface area contributed by atoms with Gasteiger partial charge in [0.2, 0.25) is 10.0 Å². The number of halogens is 3. The largest absolute Gasteiger partial charge is 0.508 e. The van der Waals surface area contributed by atoms with E-state index in [1.54, 1.807) is 18.2 Å². The molecule has 9 heteroatoms. The second kappa shape index (κ2) is 6.57. The van der Waals surface area contributed by atoms with Crippen LogP contribution in [0.2, 0.25) is 0 Å². The van der Waals surface area contributed by atoms with Crippen molar-refractivity contribution in [2.24, 2.45) is 0 Å². The quantitative estimate of drug-likeness (QED) is 0.840. The molecule has 0 unspecified atom stereocenters. The summed E-state index contributed by atoms with van der Waals surface area (Å²) in [5, 5.41) is 9.51. The molecule has 1 heterocycles. The Labute approximate surface area is 143 Å². The topological polar surface area (TPSA) is 60.9 Å². The van der Waals surface area contributed by atoms with Crippen molar-refractivity contribution >= 4 is 15.7 Å². The highest BCUT2D eigenvalue weighted by Crippen LogP contribution is 2.26. The third-order valence-corrected chi connectivity index (χ3v) is 5.97. The monoisotopic (exact) mass is 372 g/mol. The van der Waals surface area contributed by atoms with Crippen LogP contribution < -0.4 is 4.90 Å². The van der Waals surface area contributed by atoms with Crippen LogP contribution in [0.1, 0.15) is 0 Å². The van der Waals surface area contributed by atoms with Gasteiger partial charge in [0.25, 0.3) is 0 Å². The average molecular weight is 372 g/mol. The Hall–Kier alpha value is -2.26. The molecule has 1 aliphatic heterocycles. The number of benzene rings is 2. The van der Waals surface area contributed by atoms with Crippen molar-refractivity contribution in [3.8, 4) is 5.75 Å². The van der Waals surface area contributed by atoms with Crippen molar-refractivity contribution in [1.82, 2.24) is 4.31 Å². The number of rotatable bonds is 3. The van der Waals surface area contributed by atoms with Crippen LogP contribution in [0.4, 0.5) is 18.9 Å². The summed E-state index contributed by atoms with van der Waals surface area (Å²) in [6, 6.07) is 7.84. The van der Waals surface area contributed by atoms with Crippen LogP contribution in [-0.2, 0) is 10.0 Å². The Morgan fingerprint density at radius 3 is 2.24 bits per heavy atom. The number of hydrogen-bond donors (Lipinski definition) is 1. The van der Waals surface area contributed by atoms with Gasteiger partial charge >= 0.3 is 0 Å². The third kappa shape index (κ3) is 3.29. The van der Waals surface area contributed by atoms with Crippen molar-refractivity contribution in [2.75, 3.05) is 31.1 Å². The minimum atomic E-state index is -4.27. The molecule has 0 bridgehead atoms. The highest BCUT2D eigenvalue weighted by atomic mass is 32.2. The van der Waals surface area contributed by atoms with E-state index in [4.69, 9.17) is 0 Å². The molecule has 1 fully saturated rings. The molecule has 0 radical (unpaired) electrons. The number of anilines is 1. The smallest absolute Gasteiger partial charge is 0.246 e. The lowest BCUT2D eigenvalue weighted by Crippen LogP contribution is -2.48. The van der Waals surface area contributed by atoms with Crippen LogP contribution >= 0.6 is 0 Å². The van der Waals surface area contributed by atoms with Gasteiger partial charge in [-0.25, -0.2) is 21.6 Å². The minimum absolute atomic E-state index is 0.0520. The van der Waals surface area contributed by atoms with Crippen LogP contribution in [0, 0.1) is 17.5 Å². The van der Waals surface area contributed by atoms with Gasteiger partial charge in [-0.05, 0) is 24.3 Å². The Bertz CT molecular complexity index is 897. The van der Waals surface area contributed by atoms with E-state index in [0.29, 0.717) is 19.2 Å². The second-order valence-corrected chi connectivity index (χ2v) is 7.49. The first-order chi connectivity index (χ1) is 11.8. The maximum absolute atomic E-state index is 13.8. The fraction of sp³-hybridized carbons (Fsp3) is 0.250. The summed E-state index contributed by atoms with van der Waals surface area (Å²) >= 11 is 0. The fourth-order valence-corrected chi connectivity index (χ4v) is 4.20. The molecule has 2 aromatic carbocycles. The zero-order valence-corrected chi connectivity index (χ0v) is 13.8. The summed E-state index contributed by atoms with van der Waals surface area (Å²) in [5.41, 5.74) is 0.732. The molecular formula is C16H15F3N2O3S. The number of aromatic hydroxyl groups is 1. The Kier molecular flexibility index (Phi) is 4.61. The molecular weight excluding hydrogens is 357 g/mol. The van der Waals surface area contributed by atoms with Crippen LogP contribution in [-0.4, -0.2) is 44.0 Å². The Morgan fingerprint density at radius 1 is 0.920 bits per heavy atom. The molecule has 1 saturated heterocycles. The van der Waals surface area contributed by atoms with E-state index < -0.39 is 32.4 Å². The van der Waals surface area contributed by atoms with Crippen LogP contribution in [0.3, 0.4) is 0 Å². The van der Waals surface area contributed by atoms with Gasteiger partial charge in [-0.3, -0.25) is 0 Å². The van der Waals surface area contributed by atoms with E-state index in [2.05, 4.69) is 0 Å². The summed E-state index contributed by atoms with van der Waals surface area (Å²) in [7, 11) is -4.27. The maximum atomic E-state index is 13.8. The molecule has 134 valence electrons. The SMILES string of the molecule is O=S(=O)(c1ccc(F)c(F)c1F)N1CCN(c2cccc(O)c2)CC1. The van der Waals surface area contributed by atoms with Crippen molar-refractivity contribution < 1.29 is 26.7 Å². The van der Waals surface area contributed by atoms with E-state index in [-0.39, 0.29) is 18.8 Å². The number of piperazine rings is 1. The first-order valence-corrected chi connectivity index (χ1v) is 8.92. The molecule has 0 atom stereocenters. The summed E-state index contributed by atoms with van der Waals surface area (Å²) in [6.45, 7) is 0.731. The number of phenols is 1. The highest BCUT2D eigenvalue weighted by Gasteiger charge is 2.32. The van der Waals surface area contributed by atoms with E-state index in [1.807, 2.05) is 4.90 Å². The Morgan fingerprint density at radius 2 is 1.60 bits per heavy atom. The highest BCUT2D eigenvalue weighted by molar-refractivity contribution is 7.89. The first-order valence-electron chi connectivity index (χ1n) is 7.48. The lowest BCUT2D eigenvalue weighted by molar-refractivity contribution is 0.377. The molecule has 0 spiro atoms. The lowest BCUT2D eigenvalue weighted by atomic mass is 10.2. The fourth-order valence-electron chi connectivity index (χ4n) is 2.72. The average Bonchev–Trinajstić information content (AvgIpc) is 2.59. The Balaban J connectivity index is 1.79. The minimum Gasteiger partial charge on any atom is -0.508 e. The molecule has 5 nitrogen and oxygen atoms in total. The predicted octanol–water partition coefficient (Wildman–Crippen LogP) is 2.32. The zero-order valence-electron chi connectivity index (χ0n) is 13.0. The standard InChI is InChI=1S/C16H15F3N2O3S/c17-13-4-5-14(16(19)15(13)18)25(23,24)21-8-6-20(7-9-21)11-2-1-3-12(22)10-11/h1-5,10,22H,6-9H2. The molecule has 0 aliphatic carbocycles. The van der Waals surface area contributed by atoms with Gasteiger partial charge in [0.05, 0.1) is 0 Å². The van der Waals surface area contributed by atoms with E-state index >= 15 is 0 Å². The molecule has 2 aromatic rings. The summed E-state index contributed by atoms with van der Waals surface area (Å²) in [4.78, 5) is 0.991. The van der Waals surface area contributed by atoms with Gasteiger partial charge in [0.15, 0.2) is 17.5 Å². The number of phenolic OH excluding ortho intramolecular Hbond substituents is 1. The van der Waals surface area contributed by atoms with Gasteiger partial charge in [-0.1, -0.05) is 6.07 Å². The van der Waals surface area contributed by atoms with Crippen LogP contribution in [0.25, 0.3) is 0 Å². The lowest BCUT2D eigenvalue weighted by Gasteiger charge is -2.35. The molecule has 1 N–H and O–H groups in total. The predicted molar refractivity (Wildman–Crippen MR) is 85.4 cm³/mol. The first kappa shape index (κ1) is 17.6. The van der Waals surface area contributed by atoms with E-state index in [1.165, 1.54) is 6.07 Å². The zero-order chi connectivity index (χ0) is 18.2. The van der Waals surface area contributed by atoms with Gasteiger partial charge in [0.1, 0.15) is 10.6 Å². The van der Waals surface area contributed by atoms with Crippen molar-refractivity contribution in [1.29, 1.82) is 0 Å². The molecule has 3 rings (SSSR count). The van der Waals surface area contributed by atoms with E-state index in [9.17, 15) is 26.7 Å². The third-order valence-electron chi connectivity index (χ3n) is 4.05. The van der Waals surface area contributed by atoms with Crippen LogP contribution in [0.5, 0.6) is 5.75 Å². The second-order valence-electron chi connectivity index (χ2n) is 5.58. The summed E-state index contributed by atoms with van der Waals surface area (Å²) in [6.07, 6.45) is 0. The maximum Gasteiger partial charge on any atom is 0.246 e. The summed E-state index contributed by atoms with van der Waals surface area (Å²) < 4.78 is 66.2. The molecule has 0 aromatic heterocycles. The van der Waals surface area contributed by atoms with Crippen molar-refractivity contribution in [3.05, 3.63) is 53.8 Å².